The summed E-state index contributed by atoms with van der Waals surface area (Å²) < 4.78 is 0. The van der Waals surface area contributed by atoms with E-state index in [1.54, 1.807) is 0 Å². The summed E-state index contributed by atoms with van der Waals surface area (Å²) in [6.45, 7) is 4.52. The average molecular weight is 218 g/mol. The van der Waals surface area contributed by atoms with E-state index in [-0.39, 0.29) is 6.04 Å². The maximum absolute atomic E-state index is 6.19. The highest BCUT2D eigenvalue weighted by atomic mass is 15.2. The van der Waals surface area contributed by atoms with E-state index in [4.69, 9.17) is 5.73 Å². The molecule has 0 saturated carbocycles. The molecule has 16 heavy (non-hydrogen) atoms. The zero-order valence-electron chi connectivity index (χ0n) is 10.5. The first-order valence-corrected chi connectivity index (χ1v) is 6.21. The maximum Gasteiger partial charge on any atom is 0.0369 e. The standard InChI is InChI=1S/C14H22N2/c1-4-10(2)16(3)14-9-13(15)11-7-5-6-8-12(11)14/h5-8,10,13-14H,4,9,15H2,1-3H3. The highest BCUT2D eigenvalue weighted by Gasteiger charge is 2.32. The van der Waals surface area contributed by atoms with Crippen LogP contribution in [0.15, 0.2) is 24.3 Å². The Morgan fingerprint density at radius 3 is 2.62 bits per heavy atom. The predicted molar refractivity (Wildman–Crippen MR) is 68.2 cm³/mol. The fraction of sp³-hybridized carbons (Fsp3) is 0.571. The largest absolute Gasteiger partial charge is 0.324 e. The average Bonchev–Trinajstić information content (AvgIpc) is 2.65. The SMILES string of the molecule is CCC(C)N(C)C1CC(N)c2ccccc21. The summed E-state index contributed by atoms with van der Waals surface area (Å²) in [6.07, 6.45) is 2.24. The van der Waals surface area contributed by atoms with Gasteiger partial charge in [0.15, 0.2) is 0 Å². The number of hydrogen-bond donors (Lipinski definition) is 1. The second kappa shape index (κ2) is 4.56. The van der Waals surface area contributed by atoms with Gasteiger partial charge in [-0.25, -0.2) is 0 Å². The summed E-state index contributed by atoms with van der Waals surface area (Å²) in [6, 6.07) is 9.94. The molecule has 0 amide bonds. The quantitative estimate of drug-likeness (QED) is 0.845. The molecule has 0 aromatic heterocycles. The number of nitrogens with two attached hydrogens (primary N) is 1. The molecule has 3 unspecified atom stereocenters. The van der Waals surface area contributed by atoms with Gasteiger partial charge in [0.25, 0.3) is 0 Å². The first-order chi connectivity index (χ1) is 7.65. The minimum atomic E-state index is 0.215. The Morgan fingerprint density at radius 1 is 1.38 bits per heavy atom. The lowest BCUT2D eigenvalue weighted by Gasteiger charge is -2.30. The van der Waals surface area contributed by atoms with Crippen molar-refractivity contribution in [2.45, 2.75) is 44.8 Å². The molecular formula is C14H22N2. The topological polar surface area (TPSA) is 29.3 Å². The summed E-state index contributed by atoms with van der Waals surface area (Å²) in [4.78, 5) is 2.46. The van der Waals surface area contributed by atoms with Gasteiger partial charge in [-0.05, 0) is 37.9 Å². The molecule has 3 atom stereocenters. The van der Waals surface area contributed by atoms with Crippen molar-refractivity contribution in [3.05, 3.63) is 35.4 Å². The number of fused-ring (bicyclic) bond motifs is 1. The van der Waals surface area contributed by atoms with Crippen LogP contribution in [0, 0.1) is 0 Å². The van der Waals surface area contributed by atoms with Crippen LogP contribution in [-0.2, 0) is 0 Å². The minimum Gasteiger partial charge on any atom is -0.324 e. The Hall–Kier alpha value is -0.860. The van der Waals surface area contributed by atoms with Gasteiger partial charge in [-0.15, -0.1) is 0 Å². The van der Waals surface area contributed by atoms with Gasteiger partial charge in [-0.3, -0.25) is 4.90 Å². The van der Waals surface area contributed by atoms with Crippen molar-refractivity contribution in [2.75, 3.05) is 7.05 Å². The zero-order chi connectivity index (χ0) is 11.7. The molecule has 2 heteroatoms. The Labute approximate surface area is 98.4 Å². The van der Waals surface area contributed by atoms with Crippen LogP contribution in [0.25, 0.3) is 0 Å². The number of nitrogens with zero attached hydrogens (tertiary/aromatic N) is 1. The molecule has 0 aliphatic heterocycles. The van der Waals surface area contributed by atoms with Crippen LogP contribution >= 0.6 is 0 Å². The fourth-order valence-corrected chi connectivity index (χ4v) is 2.63. The molecule has 1 aliphatic rings. The van der Waals surface area contributed by atoms with Crippen LogP contribution in [0.1, 0.15) is 49.9 Å². The summed E-state index contributed by atoms with van der Waals surface area (Å²) in [5, 5.41) is 0. The molecule has 2 nitrogen and oxygen atoms in total. The summed E-state index contributed by atoms with van der Waals surface area (Å²) in [7, 11) is 2.22. The lowest BCUT2D eigenvalue weighted by atomic mass is 10.1. The molecule has 2 N–H and O–H groups in total. The molecule has 0 heterocycles. The van der Waals surface area contributed by atoms with E-state index in [9.17, 15) is 0 Å². The Kier molecular flexibility index (Phi) is 3.31. The van der Waals surface area contributed by atoms with Gasteiger partial charge in [-0.1, -0.05) is 31.2 Å². The highest BCUT2D eigenvalue weighted by molar-refractivity contribution is 5.37. The molecule has 0 fully saturated rings. The zero-order valence-corrected chi connectivity index (χ0v) is 10.5. The first-order valence-electron chi connectivity index (χ1n) is 6.21. The van der Waals surface area contributed by atoms with Crippen LogP contribution in [0.2, 0.25) is 0 Å². The molecule has 0 spiro atoms. The smallest absolute Gasteiger partial charge is 0.0369 e. The van der Waals surface area contributed by atoms with Gasteiger partial charge in [0.05, 0.1) is 0 Å². The monoisotopic (exact) mass is 218 g/mol. The number of benzene rings is 1. The van der Waals surface area contributed by atoms with Gasteiger partial charge in [-0.2, -0.15) is 0 Å². The van der Waals surface area contributed by atoms with Gasteiger partial charge in [0, 0.05) is 18.1 Å². The second-order valence-electron chi connectivity index (χ2n) is 4.91. The van der Waals surface area contributed by atoms with Crippen LogP contribution in [0.5, 0.6) is 0 Å². The Morgan fingerprint density at radius 2 is 2.00 bits per heavy atom. The third-order valence-corrected chi connectivity index (χ3v) is 4.01. The van der Waals surface area contributed by atoms with Crippen molar-refractivity contribution in [1.82, 2.24) is 4.90 Å². The normalized spacial score (nSPS) is 25.8. The molecule has 0 saturated heterocycles. The van der Waals surface area contributed by atoms with Crippen molar-refractivity contribution < 1.29 is 0 Å². The molecule has 1 aromatic carbocycles. The summed E-state index contributed by atoms with van der Waals surface area (Å²) >= 11 is 0. The van der Waals surface area contributed by atoms with Crippen molar-refractivity contribution in [1.29, 1.82) is 0 Å². The fourth-order valence-electron chi connectivity index (χ4n) is 2.63. The third kappa shape index (κ3) is 1.87. The number of rotatable bonds is 3. The molecule has 88 valence electrons. The maximum atomic E-state index is 6.19. The van der Waals surface area contributed by atoms with Crippen LogP contribution < -0.4 is 5.73 Å². The van der Waals surface area contributed by atoms with Crippen LogP contribution in [0.3, 0.4) is 0 Å². The minimum absolute atomic E-state index is 0.215. The van der Waals surface area contributed by atoms with E-state index >= 15 is 0 Å². The van der Waals surface area contributed by atoms with Crippen molar-refractivity contribution in [3.8, 4) is 0 Å². The van der Waals surface area contributed by atoms with E-state index in [2.05, 4.69) is 50.1 Å². The van der Waals surface area contributed by atoms with Crippen LogP contribution in [0.4, 0.5) is 0 Å². The van der Waals surface area contributed by atoms with E-state index in [0.717, 1.165) is 6.42 Å². The van der Waals surface area contributed by atoms with Gasteiger partial charge >= 0.3 is 0 Å². The predicted octanol–water partition coefficient (Wildman–Crippen LogP) is 2.86. The number of hydrogen-bond acceptors (Lipinski definition) is 2. The van der Waals surface area contributed by atoms with Crippen LogP contribution in [-0.4, -0.2) is 18.0 Å². The lowest BCUT2D eigenvalue weighted by Crippen LogP contribution is -2.31. The first kappa shape index (κ1) is 11.6. The molecule has 1 aliphatic carbocycles. The van der Waals surface area contributed by atoms with E-state index in [0.29, 0.717) is 12.1 Å². The molecule has 0 radical (unpaired) electrons. The van der Waals surface area contributed by atoms with Crippen molar-refractivity contribution in [3.63, 3.8) is 0 Å². The van der Waals surface area contributed by atoms with Crippen molar-refractivity contribution >= 4 is 0 Å². The van der Waals surface area contributed by atoms with Crippen molar-refractivity contribution in [2.24, 2.45) is 5.73 Å². The second-order valence-corrected chi connectivity index (χ2v) is 4.91. The van der Waals surface area contributed by atoms with E-state index in [1.807, 2.05) is 0 Å². The molecule has 0 bridgehead atoms. The van der Waals surface area contributed by atoms with E-state index < -0.39 is 0 Å². The van der Waals surface area contributed by atoms with Gasteiger partial charge in [0.2, 0.25) is 0 Å². The van der Waals surface area contributed by atoms with Gasteiger partial charge < -0.3 is 5.73 Å². The Bertz CT molecular complexity index is 362. The van der Waals surface area contributed by atoms with Gasteiger partial charge in [0.1, 0.15) is 0 Å². The summed E-state index contributed by atoms with van der Waals surface area (Å²) in [5.74, 6) is 0. The lowest BCUT2D eigenvalue weighted by molar-refractivity contribution is 0.175. The molecular weight excluding hydrogens is 196 g/mol. The third-order valence-electron chi connectivity index (χ3n) is 4.01. The van der Waals surface area contributed by atoms with E-state index in [1.165, 1.54) is 17.5 Å². The highest BCUT2D eigenvalue weighted by Crippen LogP contribution is 2.41. The Balaban J connectivity index is 2.26. The summed E-state index contributed by atoms with van der Waals surface area (Å²) in [5.41, 5.74) is 8.95. The molecule has 1 aromatic rings. The molecule has 2 rings (SSSR count).